The van der Waals surface area contributed by atoms with Crippen LogP contribution in [0.1, 0.15) is 17.3 Å². The minimum Gasteiger partial charge on any atom is -0.497 e. The third-order valence-electron chi connectivity index (χ3n) is 7.39. The average molecular weight is 475 g/mol. The lowest BCUT2D eigenvalue weighted by Crippen LogP contribution is -2.46. The maximum absolute atomic E-state index is 13.7. The number of hydrogen-bond donors (Lipinski definition) is 1. The minimum absolute atomic E-state index is 0.0344. The second kappa shape index (κ2) is 9.28. The van der Waals surface area contributed by atoms with E-state index in [0.29, 0.717) is 18.7 Å². The Morgan fingerprint density at radius 1 is 1.17 bits per heavy atom. The Kier molecular flexibility index (Phi) is 6.17. The van der Waals surface area contributed by atoms with Crippen molar-refractivity contribution in [3.8, 4) is 16.9 Å². The number of benzene rings is 1. The molecule has 8 nitrogen and oxygen atoms in total. The summed E-state index contributed by atoms with van der Waals surface area (Å²) < 4.78 is 7.05. The van der Waals surface area contributed by atoms with E-state index in [2.05, 4.69) is 9.88 Å². The second-order valence-corrected chi connectivity index (χ2v) is 9.47. The third kappa shape index (κ3) is 3.92. The molecule has 2 aliphatic heterocycles. The number of aliphatic hydroxyl groups excluding tert-OH is 1. The molecule has 1 N–H and O–H groups in total. The molecule has 2 bridgehead atoms. The van der Waals surface area contributed by atoms with Crippen molar-refractivity contribution in [2.24, 2.45) is 11.8 Å². The number of pyridine rings is 2. The lowest BCUT2D eigenvalue weighted by Gasteiger charge is -2.38. The number of aromatic nitrogens is 2. The van der Waals surface area contributed by atoms with Crippen LogP contribution in [0.3, 0.4) is 0 Å². The molecule has 4 atom stereocenters. The van der Waals surface area contributed by atoms with Crippen LogP contribution in [0, 0.1) is 11.8 Å². The highest BCUT2D eigenvalue weighted by Gasteiger charge is 2.56. The van der Waals surface area contributed by atoms with Crippen molar-refractivity contribution in [1.82, 2.24) is 19.4 Å². The summed E-state index contributed by atoms with van der Waals surface area (Å²) in [4.78, 5) is 35.2. The van der Waals surface area contributed by atoms with Crippen LogP contribution < -0.4 is 10.3 Å². The summed E-state index contributed by atoms with van der Waals surface area (Å²) in [7, 11) is 5.09. The Bertz CT molecular complexity index is 1270. The van der Waals surface area contributed by atoms with Crippen LogP contribution in [0.5, 0.6) is 5.75 Å². The number of ether oxygens (including phenoxy) is 1. The highest BCUT2D eigenvalue weighted by molar-refractivity contribution is 5.80. The van der Waals surface area contributed by atoms with Crippen molar-refractivity contribution in [1.29, 1.82) is 0 Å². The number of methoxy groups -OCH3 is 1. The summed E-state index contributed by atoms with van der Waals surface area (Å²) >= 11 is 0. The van der Waals surface area contributed by atoms with Crippen molar-refractivity contribution in [2.45, 2.75) is 25.2 Å². The van der Waals surface area contributed by atoms with E-state index in [-0.39, 0.29) is 36.1 Å². The van der Waals surface area contributed by atoms with E-state index >= 15 is 0 Å². The van der Waals surface area contributed by atoms with Crippen LogP contribution >= 0.6 is 0 Å². The SMILES string of the molecule is COc1ccc(-c2ccc3n(c2=O)C[C@@H]2[C@@H](CO)[C@H](C(=O)N(C)C)[C@H]3N2Cc2cccnc2)cc1. The number of carbonyl (C=O) groups is 1. The van der Waals surface area contributed by atoms with Crippen LogP contribution in [-0.2, 0) is 17.9 Å². The van der Waals surface area contributed by atoms with Gasteiger partial charge in [0.1, 0.15) is 5.75 Å². The normalized spacial score (nSPS) is 23.1. The Morgan fingerprint density at radius 2 is 1.94 bits per heavy atom. The molecular formula is C27H30N4O4. The summed E-state index contributed by atoms with van der Waals surface area (Å²) in [6, 6.07) is 14.7. The van der Waals surface area contributed by atoms with Gasteiger partial charge in [-0.25, -0.2) is 0 Å². The summed E-state index contributed by atoms with van der Waals surface area (Å²) in [6.45, 7) is 0.881. The highest BCUT2D eigenvalue weighted by atomic mass is 16.5. The largest absolute Gasteiger partial charge is 0.497 e. The van der Waals surface area contributed by atoms with Crippen LogP contribution in [0.25, 0.3) is 11.1 Å². The maximum Gasteiger partial charge on any atom is 0.258 e. The molecule has 35 heavy (non-hydrogen) atoms. The van der Waals surface area contributed by atoms with Gasteiger partial charge in [-0.2, -0.15) is 0 Å². The van der Waals surface area contributed by atoms with E-state index in [1.165, 1.54) is 0 Å². The molecule has 1 saturated heterocycles. The number of amides is 1. The molecule has 1 amide bonds. The molecule has 0 radical (unpaired) electrons. The minimum atomic E-state index is -0.448. The molecule has 0 aliphatic carbocycles. The number of fused-ring (bicyclic) bond motifs is 4. The van der Waals surface area contributed by atoms with Crippen molar-refractivity contribution < 1.29 is 14.6 Å². The zero-order valence-electron chi connectivity index (χ0n) is 20.2. The van der Waals surface area contributed by atoms with Crippen LogP contribution in [0.15, 0.2) is 65.7 Å². The molecule has 0 spiro atoms. The van der Waals surface area contributed by atoms with Crippen molar-refractivity contribution in [3.05, 3.63) is 82.5 Å². The topological polar surface area (TPSA) is 87.9 Å². The molecule has 4 heterocycles. The molecule has 1 fully saturated rings. The first-order valence-corrected chi connectivity index (χ1v) is 11.8. The second-order valence-electron chi connectivity index (χ2n) is 9.47. The Labute approximate surface area is 204 Å². The van der Waals surface area contributed by atoms with Gasteiger partial charge in [-0.1, -0.05) is 18.2 Å². The fourth-order valence-electron chi connectivity index (χ4n) is 5.71. The molecule has 8 heteroatoms. The van der Waals surface area contributed by atoms with E-state index in [4.69, 9.17) is 4.74 Å². The van der Waals surface area contributed by atoms with Gasteiger partial charge in [0, 0.05) is 69.4 Å². The number of nitrogens with zero attached hydrogens (tertiary/aromatic N) is 4. The summed E-state index contributed by atoms with van der Waals surface area (Å²) in [5, 5.41) is 10.4. The van der Waals surface area contributed by atoms with Crippen LogP contribution in [0.4, 0.5) is 0 Å². The van der Waals surface area contributed by atoms with Gasteiger partial charge in [-0.3, -0.25) is 19.5 Å². The van der Waals surface area contributed by atoms with E-state index in [0.717, 1.165) is 22.6 Å². The molecule has 2 aromatic heterocycles. The maximum atomic E-state index is 13.7. The molecule has 5 rings (SSSR count). The van der Waals surface area contributed by atoms with Gasteiger partial charge in [0.2, 0.25) is 5.91 Å². The fraction of sp³-hybridized carbons (Fsp3) is 0.370. The van der Waals surface area contributed by atoms with Gasteiger partial charge in [0.15, 0.2) is 0 Å². The number of hydrogen-bond acceptors (Lipinski definition) is 6. The summed E-state index contributed by atoms with van der Waals surface area (Å²) in [6.07, 6.45) is 3.56. The third-order valence-corrected chi connectivity index (χ3v) is 7.39. The summed E-state index contributed by atoms with van der Waals surface area (Å²) in [5.41, 5.74) is 3.17. The molecule has 3 aromatic rings. The molecule has 1 aromatic carbocycles. The molecular weight excluding hydrogens is 444 g/mol. The molecule has 0 saturated carbocycles. The first-order chi connectivity index (χ1) is 16.9. The molecule has 2 aliphatic rings. The van der Waals surface area contributed by atoms with Gasteiger partial charge in [0.05, 0.1) is 19.1 Å². The first-order valence-electron chi connectivity index (χ1n) is 11.8. The lowest BCUT2D eigenvalue weighted by atomic mass is 9.86. The quantitative estimate of drug-likeness (QED) is 0.589. The Morgan fingerprint density at radius 3 is 2.57 bits per heavy atom. The van der Waals surface area contributed by atoms with Gasteiger partial charge in [0.25, 0.3) is 5.56 Å². The van der Waals surface area contributed by atoms with Gasteiger partial charge >= 0.3 is 0 Å². The fourth-order valence-corrected chi connectivity index (χ4v) is 5.71. The zero-order chi connectivity index (χ0) is 24.7. The smallest absolute Gasteiger partial charge is 0.258 e. The molecule has 182 valence electrons. The van der Waals surface area contributed by atoms with E-state index in [1.807, 2.05) is 54.7 Å². The van der Waals surface area contributed by atoms with Gasteiger partial charge in [-0.05, 0) is 41.5 Å². The highest BCUT2D eigenvalue weighted by Crippen LogP contribution is 2.49. The standard InChI is InChI=1S/C27H30N4O4/c1-29(2)27(34)24-21(16-32)23-15-31-22(25(24)30(23)14-17-5-4-12-28-13-17)11-10-20(26(31)33)18-6-8-19(35-3)9-7-18/h4-13,21,23-25,32H,14-16H2,1-3H3/t21-,23-,24+,25+/m1/s1. The Balaban J connectivity index is 1.62. The predicted molar refractivity (Wildman–Crippen MR) is 132 cm³/mol. The van der Waals surface area contributed by atoms with E-state index < -0.39 is 5.92 Å². The average Bonchev–Trinajstić information content (AvgIpc) is 3.08. The van der Waals surface area contributed by atoms with Crippen LogP contribution in [-0.4, -0.2) is 64.2 Å². The lowest BCUT2D eigenvalue weighted by molar-refractivity contribution is -0.135. The molecule has 0 unspecified atom stereocenters. The predicted octanol–water partition coefficient (Wildman–Crippen LogP) is 2.17. The van der Waals surface area contributed by atoms with Gasteiger partial charge < -0.3 is 19.3 Å². The van der Waals surface area contributed by atoms with Crippen LogP contribution in [0.2, 0.25) is 0 Å². The monoisotopic (exact) mass is 474 g/mol. The summed E-state index contributed by atoms with van der Waals surface area (Å²) in [5.74, 6) is -0.0356. The number of rotatable bonds is 6. The number of aliphatic hydroxyl groups is 1. The first kappa shape index (κ1) is 23.3. The Hall–Kier alpha value is -3.49. The van der Waals surface area contributed by atoms with Crippen molar-refractivity contribution in [3.63, 3.8) is 0 Å². The van der Waals surface area contributed by atoms with Crippen molar-refractivity contribution >= 4 is 5.91 Å². The zero-order valence-corrected chi connectivity index (χ0v) is 20.2. The van der Waals surface area contributed by atoms with Crippen molar-refractivity contribution in [2.75, 3.05) is 27.8 Å². The van der Waals surface area contributed by atoms with E-state index in [9.17, 15) is 14.7 Å². The number of carbonyl (C=O) groups excluding carboxylic acids is 1. The van der Waals surface area contributed by atoms with E-state index in [1.54, 1.807) is 36.9 Å². The van der Waals surface area contributed by atoms with Gasteiger partial charge in [-0.15, -0.1) is 0 Å².